The fourth-order valence-electron chi connectivity index (χ4n) is 1.41. The SMILES string of the molecule is CC(C)S(=O)(=O)CCn1ccc(CCN)c1. The van der Waals surface area contributed by atoms with E-state index in [1.54, 1.807) is 13.8 Å². The maximum Gasteiger partial charge on any atom is 0.154 e. The first-order chi connectivity index (χ1) is 7.45. The predicted molar refractivity (Wildman–Crippen MR) is 66.1 cm³/mol. The summed E-state index contributed by atoms with van der Waals surface area (Å²) >= 11 is 0. The highest BCUT2D eigenvalue weighted by atomic mass is 32.2. The van der Waals surface area contributed by atoms with Crippen molar-refractivity contribution in [2.24, 2.45) is 5.73 Å². The molecule has 0 aliphatic carbocycles. The van der Waals surface area contributed by atoms with Gasteiger partial charge in [-0.3, -0.25) is 0 Å². The van der Waals surface area contributed by atoms with Gasteiger partial charge in [-0.15, -0.1) is 0 Å². The van der Waals surface area contributed by atoms with Crippen molar-refractivity contribution in [2.75, 3.05) is 12.3 Å². The van der Waals surface area contributed by atoms with Crippen LogP contribution in [0.5, 0.6) is 0 Å². The van der Waals surface area contributed by atoms with Crippen molar-refractivity contribution in [3.05, 3.63) is 24.0 Å². The summed E-state index contributed by atoms with van der Waals surface area (Å²) < 4.78 is 25.1. The molecule has 0 aliphatic rings. The van der Waals surface area contributed by atoms with Gasteiger partial charge < -0.3 is 10.3 Å². The molecule has 5 heteroatoms. The van der Waals surface area contributed by atoms with Crippen LogP contribution in [0, 0.1) is 0 Å². The van der Waals surface area contributed by atoms with E-state index in [0.29, 0.717) is 13.1 Å². The summed E-state index contributed by atoms with van der Waals surface area (Å²) in [4.78, 5) is 0. The average Bonchev–Trinajstić information content (AvgIpc) is 2.63. The maximum atomic E-state index is 11.6. The van der Waals surface area contributed by atoms with E-state index in [9.17, 15) is 8.42 Å². The van der Waals surface area contributed by atoms with Gasteiger partial charge in [0.1, 0.15) is 0 Å². The molecule has 2 N–H and O–H groups in total. The van der Waals surface area contributed by atoms with Crippen LogP contribution in [0.4, 0.5) is 0 Å². The van der Waals surface area contributed by atoms with E-state index < -0.39 is 9.84 Å². The van der Waals surface area contributed by atoms with Gasteiger partial charge in [0.05, 0.1) is 11.0 Å². The van der Waals surface area contributed by atoms with Crippen LogP contribution in [-0.2, 0) is 22.8 Å². The number of aryl methyl sites for hydroxylation is 1. The number of aromatic nitrogens is 1. The Morgan fingerprint density at radius 2 is 2.12 bits per heavy atom. The van der Waals surface area contributed by atoms with E-state index in [1.807, 2.05) is 23.0 Å². The van der Waals surface area contributed by atoms with Gasteiger partial charge in [-0.1, -0.05) is 0 Å². The van der Waals surface area contributed by atoms with Crippen LogP contribution in [0.15, 0.2) is 18.5 Å². The van der Waals surface area contributed by atoms with E-state index in [0.717, 1.165) is 12.0 Å². The molecule has 0 fully saturated rings. The zero-order valence-corrected chi connectivity index (χ0v) is 10.7. The molecule has 4 nitrogen and oxygen atoms in total. The number of sulfone groups is 1. The molecule has 0 atom stereocenters. The lowest BCUT2D eigenvalue weighted by molar-refractivity contribution is 0.580. The molecule has 0 aliphatic heterocycles. The summed E-state index contributed by atoms with van der Waals surface area (Å²) in [6, 6.07) is 1.98. The van der Waals surface area contributed by atoms with Gasteiger partial charge in [0, 0.05) is 18.9 Å². The number of hydrogen-bond donors (Lipinski definition) is 1. The van der Waals surface area contributed by atoms with Crippen LogP contribution in [0.3, 0.4) is 0 Å². The normalized spacial score (nSPS) is 12.2. The maximum absolute atomic E-state index is 11.6. The zero-order valence-electron chi connectivity index (χ0n) is 9.89. The molecule has 92 valence electrons. The minimum Gasteiger partial charge on any atom is -0.353 e. The number of rotatable bonds is 6. The highest BCUT2D eigenvalue weighted by molar-refractivity contribution is 7.91. The van der Waals surface area contributed by atoms with E-state index in [-0.39, 0.29) is 11.0 Å². The van der Waals surface area contributed by atoms with Gasteiger partial charge in [0.15, 0.2) is 9.84 Å². The topological polar surface area (TPSA) is 65.1 Å². The molecule has 1 aromatic heterocycles. The predicted octanol–water partition coefficient (Wildman–Crippen LogP) is 0.812. The average molecular weight is 244 g/mol. The molecule has 0 amide bonds. The van der Waals surface area contributed by atoms with Gasteiger partial charge >= 0.3 is 0 Å². The third kappa shape index (κ3) is 3.64. The van der Waals surface area contributed by atoms with Crippen molar-refractivity contribution < 1.29 is 8.42 Å². The molecule has 0 saturated heterocycles. The second-order valence-electron chi connectivity index (χ2n) is 4.21. The molecule has 1 heterocycles. The van der Waals surface area contributed by atoms with Gasteiger partial charge in [0.2, 0.25) is 0 Å². The summed E-state index contributed by atoms with van der Waals surface area (Å²) in [6.07, 6.45) is 4.70. The standard InChI is InChI=1S/C11H20N2O2S/c1-10(2)16(14,15)8-7-13-6-4-11(9-13)3-5-12/h4,6,9-10H,3,5,7-8,12H2,1-2H3. The van der Waals surface area contributed by atoms with E-state index >= 15 is 0 Å². The first-order valence-corrected chi connectivity index (χ1v) is 7.23. The van der Waals surface area contributed by atoms with Gasteiger partial charge in [-0.05, 0) is 38.4 Å². The smallest absolute Gasteiger partial charge is 0.154 e. The number of nitrogens with zero attached hydrogens (tertiary/aromatic N) is 1. The van der Waals surface area contributed by atoms with Crippen LogP contribution in [0.2, 0.25) is 0 Å². The summed E-state index contributed by atoms with van der Waals surface area (Å²) in [5.41, 5.74) is 6.60. The van der Waals surface area contributed by atoms with Crippen LogP contribution in [-0.4, -0.2) is 30.5 Å². The summed E-state index contributed by atoms with van der Waals surface area (Å²) in [7, 11) is -2.94. The van der Waals surface area contributed by atoms with Crippen molar-refractivity contribution >= 4 is 9.84 Å². The molecule has 16 heavy (non-hydrogen) atoms. The van der Waals surface area contributed by atoms with E-state index in [2.05, 4.69) is 0 Å². The van der Waals surface area contributed by atoms with Gasteiger partial charge in [0.25, 0.3) is 0 Å². The Labute approximate surface area is 97.4 Å². The summed E-state index contributed by atoms with van der Waals surface area (Å²) in [5, 5.41) is -0.299. The van der Waals surface area contributed by atoms with Crippen molar-refractivity contribution in [3.8, 4) is 0 Å². The Bertz CT molecular complexity index is 421. The molecular weight excluding hydrogens is 224 g/mol. The Morgan fingerprint density at radius 3 is 2.69 bits per heavy atom. The third-order valence-corrected chi connectivity index (χ3v) is 4.79. The summed E-state index contributed by atoms with van der Waals surface area (Å²) in [6.45, 7) is 4.56. The molecular formula is C11H20N2O2S. The zero-order chi connectivity index (χ0) is 12.2. The molecule has 0 spiro atoms. The second-order valence-corrected chi connectivity index (χ2v) is 6.89. The first kappa shape index (κ1) is 13.3. The minimum absolute atomic E-state index is 0.196. The molecule has 1 aromatic rings. The molecule has 0 unspecified atom stereocenters. The van der Waals surface area contributed by atoms with Crippen LogP contribution in [0.25, 0.3) is 0 Å². The van der Waals surface area contributed by atoms with Crippen LogP contribution < -0.4 is 5.73 Å². The Kier molecular flexibility index (Phi) is 4.56. The quantitative estimate of drug-likeness (QED) is 0.805. The molecule has 0 aromatic carbocycles. The second kappa shape index (κ2) is 5.50. The Balaban J connectivity index is 2.55. The highest BCUT2D eigenvalue weighted by Crippen LogP contribution is 2.05. The largest absolute Gasteiger partial charge is 0.353 e. The minimum atomic E-state index is -2.94. The van der Waals surface area contributed by atoms with E-state index in [4.69, 9.17) is 5.73 Å². The Morgan fingerprint density at radius 1 is 1.44 bits per heavy atom. The fourth-order valence-corrected chi connectivity index (χ4v) is 2.35. The highest BCUT2D eigenvalue weighted by Gasteiger charge is 2.15. The molecule has 0 radical (unpaired) electrons. The van der Waals surface area contributed by atoms with Crippen molar-refractivity contribution in [1.29, 1.82) is 0 Å². The lowest BCUT2D eigenvalue weighted by atomic mass is 10.2. The lowest BCUT2D eigenvalue weighted by Gasteiger charge is -2.07. The van der Waals surface area contributed by atoms with Gasteiger partial charge in [-0.2, -0.15) is 0 Å². The summed E-state index contributed by atoms with van der Waals surface area (Å²) in [5.74, 6) is 0.196. The molecule has 0 saturated carbocycles. The number of nitrogens with two attached hydrogens (primary N) is 1. The molecule has 1 rings (SSSR count). The van der Waals surface area contributed by atoms with Crippen molar-refractivity contribution in [2.45, 2.75) is 32.1 Å². The monoisotopic (exact) mass is 244 g/mol. The van der Waals surface area contributed by atoms with Crippen molar-refractivity contribution in [1.82, 2.24) is 4.57 Å². The van der Waals surface area contributed by atoms with Crippen LogP contribution in [0.1, 0.15) is 19.4 Å². The Hall–Kier alpha value is -0.810. The first-order valence-electron chi connectivity index (χ1n) is 5.52. The van der Waals surface area contributed by atoms with Gasteiger partial charge in [-0.25, -0.2) is 8.42 Å². The van der Waals surface area contributed by atoms with E-state index in [1.165, 1.54) is 0 Å². The van der Waals surface area contributed by atoms with Crippen molar-refractivity contribution in [3.63, 3.8) is 0 Å². The molecule has 0 bridgehead atoms. The fraction of sp³-hybridized carbons (Fsp3) is 0.636. The third-order valence-electron chi connectivity index (χ3n) is 2.60. The van der Waals surface area contributed by atoms with Crippen LogP contribution >= 0.6 is 0 Å². The number of hydrogen-bond acceptors (Lipinski definition) is 3. The lowest BCUT2D eigenvalue weighted by Crippen LogP contribution is -2.20.